The number of aromatic nitrogens is 3. The van der Waals surface area contributed by atoms with Crippen LogP contribution in [0.3, 0.4) is 0 Å². The summed E-state index contributed by atoms with van der Waals surface area (Å²) in [6.45, 7) is 12.2. The standard InChI is InChI=1S/C23H37N7/c1-4-24-23(25-12-9-15-29-13-7-5-6-8-14-29)27-18-21-10-11-22(26-17-21)30-20(3)16-19(2)28-30/h10-11,16-17H,4-9,12-15,18H2,1-3H3,(H2,24,25,27). The molecular weight excluding hydrogens is 374 g/mol. The summed E-state index contributed by atoms with van der Waals surface area (Å²) in [6, 6.07) is 6.14. The Morgan fingerprint density at radius 2 is 1.90 bits per heavy atom. The SMILES string of the molecule is CCNC(=NCc1ccc(-n2nc(C)cc2C)nc1)NCCCN1CCCCCC1. The van der Waals surface area contributed by atoms with Crippen LogP contribution in [0.4, 0.5) is 0 Å². The molecule has 1 fully saturated rings. The second-order valence-corrected chi connectivity index (χ2v) is 8.09. The highest BCUT2D eigenvalue weighted by molar-refractivity contribution is 5.79. The Balaban J connectivity index is 1.48. The van der Waals surface area contributed by atoms with E-state index in [1.165, 1.54) is 45.3 Å². The van der Waals surface area contributed by atoms with Gasteiger partial charge in [-0.15, -0.1) is 0 Å². The molecule has 0 spiro atoms. The number of pyridine rings is 1. The third-order valence-electron chi connectivity index (χ3n) is 5.44. The van der Waals surface area contributed by atoms with Crippen LogP contribution in [0.15, 0.2) is 29.4 Å². The van der Waals surface area contributed by atoms with Crippen LogP contribution in [-0.4, -0.2) is 58.3 Å². The molecule has 0 amide bonds. The fourth-order valence-electron chi connectivity index (χ4n) is 3.88. The quantitative estimate of drug-likeness (QED) is 0.397. The second-order valence-electron chi connectivity index (χ2n) is 8.09. The van der Waals surface area contributed by atoms with E-state index < -0.39 is 0 Å². The predicted octanol–water partition coefficient (Wildman–Crippen LogP) is 3.21. The number of likely N-dealkylation sites (tertiary alicyclic amines) is 1. The molecule has 164 valence electrons. The van der Waals surface area contributed by atoms with Gasteiger partial charge >= 0.3 is 0 Å². The predicted molar refractivity (Wildman–Crippen MR) is 123 cm³/mol. The average molecular weight is 412 g/mol. The van der Waals surface area contributed by atoms with Gasteiger partial charge in [0.2, 0.25) is 0 Å². The molecule has 0 radical (unpaired) electrons. The topological polar surface area (TPSA) is 70.4 Å². The maximum Gasteiger partial charge on any atom is 0.191 e. The molecule has 0 aliphatic carbocycles. The molecule has 0 aromatic carbocycles. The lowest BCUT2D eigenvalue weighted by Crippen LogP contribution is -2.39. The van der Waals surface area contributed by atoms with Gasteiger partial charge in [-0.2, -0.15) is 5.10 Å². The minimum atomic E-state index is 0.603. The third-order valence-corrected chi connectivity index (χ3v) is 5.44. The Hall–Kier alpha value is -2.41. The molecule has 0 bridgehead atoms. The van der Waals surface area contributed by atoms with Gasteiger partial charge in [-0.3, -0.25) is 0 Å². The van der Waals surface area contributed by atoms with Crippen molar-refractivity contribution in [1.29, 1.82) is 0 Å². The summed E-state index contributed by atoms with van der Waals surface area (Å²) in [6.07, 6.45) is 8.52. The summed E-state index contributed by atoms with van der Waals surface area (Å²) >= 11 is 0. The number of rotatable bonds is 8. The van der Waals surface area contributed by atoms with Gasteiger partial charge in [0.15, 0.2) is 11.8 Å². The molecule has 0 saturated carbocycles. The Bertz CT molecular complexity index is 786. The fraction of sp³-hybridized carbons (Fsp3) is 0.609. The first kappa shape index (κ1) is 22.3. The third kappa shape index (κ3) is 6.83. The van der Waals surface area contributed by atoms with E-state index >= 15 is 0 Å². The normalized spacial score (nSPS) is 15.8. The molecule has 3 rings (SSSR count). The van der Waals surface area contributed by atoms with Crippen molar-refractivity contribution < 1.29 is 0 Å². The van der Waals surface area contributed by atoms with Crippen molar-refractivity contribution in [2.75, 3.05) is 32.7 Å². The molecular formula is C23H37N7. The molecule has 2 N–H and O–H groups in total. The largest absolute Gasteiger partial charge is 0.357 e. The lowest BCUT2D eigenvalue weighted by Gasteiger charge is -2.20. The lowest BCUT2D eigenvalue weighted by molar-refractivity contribution is 0.282. The second kappa shape index (κ2) is 11.7. The minimum Gasteiger partial charge on any atom is -0.357 e. The van der Waals surface area contributed by atoms with Gasteiger partial charge in [0.05, 0.1) is 12.2 Å². The van der Waals surface area contributed by atoms with Gasteiger partial charge in [-0.1, -0.05) is 18.9 Å². The highest BCUT2D eigenvalue weighted by Crippen LogP contribution is 2.11. The number of hydrogen-bond acceptors (Lipinski definition) is 4. The van der Waals surface area contributed by atoms with Gasteiger partial charge in [-0.05, 0) is 77.4 Å². The van der Waals surface area contributed by atoms with Crippen molar-refractivity contribution >= 4 is 5.96 Å². The van der Waals surface area contributed by atoms with Gasteiger partial charge in [0, 0.05) is 25.0 Å². The summed E-state index contributed by atoms with van der Waals surface area (Å²) in [7, 11) is 0. The molecule has 30 heavy (non-hydrogen) atoms. The summed E-state index contributed by atoms with van der Waals surface area (Å²) in [4.78, 5) is 11.9. The first-order valence-corrected chi connectivity index (χ1v) is 11.4. The first-order valence-electron chi connectivity index (χ1n) is 11.4. The van der Waals surface area contributed by atoms with Crippen molar-refractivity contribution in [1.82, 2.24) is 30.3 Å². The van der Waals surface area contributed by atoms with Crippen LogP contribution in [0.1, 0.15) is 56.0 Å². The van der Waals surface area contributed by atoms with E-state index in [9.17, 15) is 0 Å². The molecule has 3 heterocycles. The average Bonchev–Trinajstić information content (AvgIpc) is 2.93. The monoisotopic (exact) mass is 411 g/mol. The zero-order valence-electron chi connectivity index (χ0n) is 18.8. The molecule has 2 aromatic rings. The van der Waals surface area contributed by atoms with E-state index in [-0.39, 0.29) is 0 Å². The number of guanidine groups is 1. The lowest BCUT2D eigenvalue weighted by atomic mass is 10.2. The van der Waals surface area contributed by atoms with Crippen LogP contribution in [0, 0.1) is 13.8 Å². The van der Waals surface area contributed by atoms with E-state index in [1.807, 2.05) is 30.8 Å². The molecule has 1 aliphatic heterocycles. The Morgan fingerprint density at radius 1 is 1.10 bits per heavy atom. The zero-order valence-corrected chi connectivity index (χ0v) is 18.8. The number of nitrogens with zero attached hydrogens (tertiary/aromatic N) is 5. The highest BCUT2D eigenvalue weighted by Gasteiger charge is 2.08. The van der Waals surface area contributed by atoms with Crippen LogP contribution in [0.5, 0.6) is 0 Å². The first-order chi connectivity index (χ1) is 14.7. The van der Waals surface area contributed by atoms with Crippen LogP contribution in [0.2, 0.25) is 0 Å². The van der Waals surface area contributed by atoms with Crippen LogP contribution in [-0.2, 0) is 6.54 Å². The summed E-state index contributed by atoms with van der Waals surface area (Å²) in [5.74, 6) is 1.71. The summed E-state index contributed by atoms with van der Waals surface area (Å²) in [5, 5.41) is 11.3. The minimum absolute atomic E-state index is 0.603. The summed E-state index contributed by atoms with van der Waals surface area (Å²) < 4.78 is 1.87. The molecule has 1 saturated heterocycles. The van der Waals surface area contributed by atoms with Crippen LogP contribution in [0.25, 0.3) is 5.82 Å². The van der Waals surface area contributed by atoms with Crippen molar-refractivity contribution in [3.63, 3.8) is 0 Å². The molecule has 0 atom stereocenters. The number of hydrogen-bond donors (Lipinski definition) is 2. The Morgan fingerprint density at radius 3 is 2.53 bits per heavy atom. The molecule has 0 unspecified atom stereocenters. The van der Waals surface area contributed by atoms with Crippen molar-refractivity contribution in [3.05, 3.63) is 41.3 Å². The number of aliphatic imine (C=N–C) groups is 1. The van der Waals surface area contributed by atoms with Crippen molar-refractivity contribution in [2.45, 2.75) is 59.4 Å². The van der Waals surface area contributed by atoms with Crippen LogP contribution >= 0.6 is 0 Å². The number of aryl methyl sites for hydroxylation is 2. The maximum absolute atomic E-state index is 4.73. The smallest absolute Gasteiger partial charge is 0.191 e. The van der Waals surface area contributed by atoms with E-state index in [4.69, 9.17) is 4.99 Å². The molecule has 7 nitrogen and oxygen atoms in total. The van der Waals surface area contributed by atoms with Gasteiger partial charge in [0.25, 0.3) is 0 Å². The Labute approximate surface area is 181 Å². The van der Waals surface area contributed by atoms with E-state index in [0.717, 1.165) is 48.2 Å². The highest BCUT2D eigenvalue weighted by atomic mass is 15.3. The van der Waals surface area contributed by atoms with E-state index in [1.54, 1.807) is 0 Å². The fourth-order valence-corrected chi connectivity index (χ4v) is 3.88. The van der Waals surface area contributed by atoms with E-state index in [0.29, 0.717) is 6.54 Å². The zero-order chi connectivity index (χ0) is 21.2. The van der Waals surface area contributed by atoms with Gasteiger partial charge < -0.3 is 15.5 Å². The molecule has 7 heteroatoms. The number of nitrogens with one attached hydrogen (secondary N) is 2. The van der Waals surface area contributed by atoms with Crippen LogP contribution < -0.4 is 10.6 Å². The maximum atomic E-state index is 4.73. The Kier molecular flexibility index (Phi) is 8.68. The van der Waals surface area contributed by atoms with Gasteiger partial charge in [0.1, 0.15) is 0 Å². The molecule has 1 aliphatic rings. The molecule has 2 aromatic heterocycles. The van der Waals surface area contributed by atoms with E-state index in [2.05, 4.69) is 44.7 Å². The van der Waals surface area contributed by atoms with Crippen molar-refractivity contribution in [2.24, 2.45) is 4.99 Å². The van der Waals surface area contributed by atoms with Gasteiger partial charge in [-0.25, -0.2) is 14.7 Å². The van der Waals surface area contributed by atoms with Crippen molar-refractivity contribution in [3.8, 4) is 5.82 Å². The summed E-state index contributed by atoms with van der Waals surface area (Å²) in [5.41, 5.74) is 3.17.